The molecule has 2 nitrogen and oxygen atoms in total. The summed E-state index contributed by atoms with van der Waals surface area (Å²) >= 11 is 1.89. The molecule has 2 aromatic carbocycles. The Bertz CT molecular complexity index is 1200. The van der Waals surface area contributed by atoms with E-state index in [-0.39, 0.29) is 5.82 Å². The van der Waals surface area contributed by atoms with Crippen molar-refractivity contribution in [2.24, 2.45) is 0 Å². The van der Waals surface area contributed by atoms with Crippen LogP contribution in [0.5, 0.6) is 0 Å². The van der Waals surface area contributed by atoms with E-state index >= 15 is 0 Å². The van der Waals surface area contributed by atoms with Crippen LogP contribution in [-0.4, -0.2) is 16.0 Å². The molecule has 0 bridgehead atoms. The van der Waals surface area contributed by atoms with Gasteiger partial charge in [0.15, 0.2) is 0 Å². The van der Waals surface area contributed by atoms with Gasteiger partial charge in [0.25, 0.3) is 0 Å². The lowest BCUT2D eigenvalue weighted by Crippen LogP contribution is -2.30. The zero-order valence-corrected chi connectivity index (χ0v) is 18.0. The standard InChI is InChI=1S/C26H25FN2S/c1-19-15-23-24-18-28(17-21-9-5-11-22(27)16-21)14-12-25(24)29(26(23)30-19)13-6-10-20-7-3-2-4-8-20/h2-11,15-16H,12-14,17-18H2,1H3/b10-6+. The van der Waals surface area contributed by atoms with Crippen LogP contribution in [0.3, 0.4) is 0 Å². The summed E-state index contributed by atoms with van der Waals surface area (Å²) in [5.74, 6) is -0.155. The number of halogens is 1. The molecule has 5 rings (SSSR count). The fourth-order valence-electron chi connectivity index (χ4n) is 4.47. The number of thiophene rings is 1. The lowest BCUT2D eigenvalue weighted by molar-refractivity contribution is 0.243. The number of nitrogens with zero attached hydrogens (tertiary/aromatic N) is 2. The fourth-order valence-corrected chi connectivity index (χ4v) is 5.54. The normalized spacial score (nSPS) is 14.6. The lowest BCUT2D eigenvalue weighted by Gasteiger charge is -2.28. The number of hydrogen-bond acceptors (Lipinski definition) is 2. The van der Waals surface area contributed by atoms with E-state index in [4.69, 9.17) is 0 Å². The average molecular weight is 417 g/mol. The van der Waals surface area contributed by atoms with E-state index < -0.39 is 0 Å². The highest BCUT2D eigenvalue weighted by molar-refractivity contribution is 7.18. The summed E-state index contributed by atoms with van der Waals surface area (Å²) in [5.41, 5.74) is 5.19. The molecule has 3 heterocycles. The molecular weight excluding hydrogens is 391 g/mol. The van der Waals surface area contributed by atoms with E-state index in [1.54, 1.807) is 12.1 Å². The largest absolute Gasteiger partial charge is 0.332 e. The number of allylic oxidation sites excluding steroid dienone is 1. The molecule has 152 valence electrons. The number of aromatic nitrogens is 1. The Morgan fingerprint density at radius 2 is 1.93 bits per heavy atom. The molecule has 0 amide bonds. The van der Waals surface area contributed by atoms with Crippen molar-refractivity contribution in [2.45, 2.75) is 33.0 Å². The van der Waals surface area contributed by atoms with Gasteiger partial charge in [-0.25, -0.2) is 4.39 Å². The first kappa shape index (κ1) is 19.3. The first-order valence-electron chi connectivity index (χ1n) is 10.5. The minimum atomic E-state index is -0.155. The van der Waals surface area contributed by atoms with Crippen molar-refractivity contribution in [1.29, 1.82) is 0 Å². The van der Waals surface area contributed by atoms with Crippen LogP contribution in [0.1, 0.15) is 27.3 Å². The monoisotopic (exact) mass is 416 g/mol. The minimum absolute atomic E-state index is 0.155. The molecule has 30 heavy (non-hydrogen) atoms. The van der Waals surface area contributed by atoms with Crippen molar-refractivity contribution >= 4 is 27.6 Å². The molecular formula is C26H25FN2S. The van der Waals surface area contributed by atoms with Gasteiger partial charge in [-0.05, 0) is 41.8 Å². The molecule has 0 aliphatic carbocycles. The molecule has 2 aromatic heterocycles. The summed E-state index contributed by atoms with van der Waals surface area (Å²) in [4.78, 5) is 5.17. The van der Waals surface area contributed by atoms with Gasteiger partial charge < -0.3 is 4.57 Å². The van der Waals surface area contributed by atoms with Crippen molar-refractivity contribution < 1.29 is 4.39 Å². The maximum Gasteiger partial charge on any atom is 0.123 e. The molecule has 0 unspecified atom stereocenters. The van der Waals surface area contributed by atoms with E-state index in [0.717, 1.165) is 38.2 Å². The van der Waals surface area contributed by atoms with E-state index in [9.17, 15) is 4.39 Å². The topological polar surface area (TPSA) is 8.17 Å². The third-order valence-electron chi connectivity index (χ3n) is 5.82. The van der Waals surface area contributed by atoms with Gasteiger partial charge in [0.1, 0.15) is 10.6 Å². The van der Waals surface area contributed by atoms with Crippen molar-refractivity contribution in [1.82, 2.24) is 9.47 Å². The highest BCUT2D eigenvalue weighted by Crippen LogP contribution is 2.36. The lowest BCUT2D eigenvalue weighted by atomic mass is 10.0. The average Bonchev–Trinajstić information content (AvgIpc) is 3.25. The van der Waals surface area contributed by atoms with E-state index in [1.165, 1.54) is 38.0 Å². The summed E-state index contributed by atoms with van der Waals surface area (Å²) in [6.07, 6.45) is 5.51. The van der Waals surface area contributed by atoms with Crippen LogP contribution < -0.4 is 0 Å². The smallest absolute Gasteiger partial charge is 0.123 e. The molecule has 0 atom stereocenters. The predicted octanol–water partition coefficient (Wildman–Crippen LogP) is 6.42. The number of hydrogen-bond donors (Lipinski definition) is 0. The van der Waals surface area contributed by atoms with E-state index in [1.807, 2.05) is 23.5 Å². The molecule has 4 heteroatoms. The molecule has 0 saturated heterocycles. The van der Waals surface area contributed by atoms with Crippen molar-refractivity contribution in [3.05, 3.63) is 99.8 Å². The van der Waals surface area contributed by atoms with E-state index in [0.29, 0.717) is 0 Å². The molecule has 0 saturated carbocycles. The predicted molar refractivity (Wildman–Crippen MR) is 124 cm³/mol. The number of fused-ring (bicyclic) bond motifs is 3. The van der Waals surface area contributed by atoms with Gasteiger partial charge in [0, 0.05) is 48.6 Å². The van der Waals surface area contributed by atoms with Gasteiger partial charge in [-0.2, -0.15) is 0 Å². The van der Waals surface area contributed by atoms with Crippen molar-refractivity contribution in [3.8, 4) is 0 Å². The third kappa shape index (κ3) is 3.85. The van der Waals surface area contributed by atoms with Crippen molar-refractivity contribution in [2.75, 3.05) is 6.54 Å². The maximum atomic E-state index is 13.6. The zero-order chi connectivity index (χ0) is 20.5. The zero-order valence-electron chi connectivity index (χ0n) is 17.1. The van der Waals surface area contributed by atoms with Crippen LogP contribution in [0.25, 0.3) is 16.3 Å². The van der Waals surface area contributed by atoms with Crippen molar-refractivity contribution in [3.63, 3.8) is 0 Å². The third-order valence-corrected chi connectivity index (χ3v) is 6.89. The van der Waals surface area contributed by atoms with Crippen LogP contribution in [0.2, 0.25) is 0 Å². The summed E-state index contributed by atoms with van der Waals surface area (Å²) < 4.78 is 16.1. The Morgan fingerprint density at radius 1 is 1.07 bits per heavy atom. The van der Waals surface area contributed by atoms with Crippen LogP contribution >= 0.6 is 11.3 Å². The molecule has 1 aliphatic heterocycles. The molecule has 0 N–H and O–H groups in total. The van der Waals surface area contributed by atoms with Crippen LogP contribution in [0.4, 0.5) is 4.39 Å². The van der Waals surface area contributed by atoms with E-state index in [2.05, 4.69) is 58.9 Å². The van der Waals surface area contributed by atoms with Gasteiger partial charge in [0.2, 0.25) is 0 Å². The fraction of sp³-hybridized carbons (Fsp3) is 0.231. The Morgan fingerprint density at radius 3 is 2.77 bits per heavy atom. The maximum absolute atomic E-state index is 13.6. The Balaban J connectivity index is 1.42. The minimum Gasteiger partial charge on any atom is -0.332 e. The highest BCUT2D eigenvalue weighted by atomic mass is 32.1. The second-order valence-electron chi connectivity index (χ2n) is 8.02. The first-order valence-corrected chi connectivity index (χ1v) is 11.3. The summed E-state index contributed by atoms with van der Waals surface area (Å²) in [7, 11) is 0. The Kier molecular flexibility index (Phi) is 5.28. The molecule has 1 aliphatic rings. The van der Waals surface area contributed by atoms with Gasteiger partial charge in [-0.15, -0.1) is 11.3 Å². The van der Waals surface area contributed by atoms with Gasteiger partial charge in [-0.3, -0.25) is 4.90 Å². The van der Waals surface area contributed by atoms with Gasteiger partial charge in [-0.1, -0.05) is 54.6 Å². The first-order chi connectivity index (χ1) is 14.7. The highest BCUT2D eigenvalue weighted by Gasteiger charge is 2.25. The molecule has 4 aromatic rings. The summed E-state index contributed by atoms with van der Waals surface area (Å²) in [5, 5.41) is 1.39. The van der Waals surface area contributed by atoms with Crippen LogP contribution in [0, 0.1) is 12.7 Å². The number of aryl methyl sites for hydroxylation is 1. The van der Waals surface area contributed by atoms with Crippen LogP contribution in [-0.2, 0) is 26.1 Å². The summed E-state index contributed by atoms with van der Waals surface area (Å²) in [6, 6.07) is 19.8. The second-order valence-corrected chi connectivity index (χ2v) is 9.25. The van der Waals surface area contributed by atoms with Gasteiger partial charge >= 0.3 is 0 Å². The number of benzene rings is 2. The second kappa shape index (κ2) is 8.21. The van der Waals surface area contributed by atoms with Crippen LogP contribution in [0.15, 0.2) is 66.7 Å². The quantitative estimate of drug-likeness (QED) is 0.364. The Hall–Kier alpha value is -2.69. The molecule has 0 radical (unpaired) electrons. The molecule has 0 fully saturated rings. The SMILES string of the molecule is Cc1cc2c3c(n(C/C=C/c4ccccc4)c2s1)CCN(Cc1cccc(F)c1)C3. The summed E-state index contributed by atoms with van der Waals surface area (Å²) in [6.45, 7) is 5.80. The number of rotatable bonds is 5. The molecule has 0 spiro atoms. The Labute approximate surface area is 180 Å². The van der Waals surface area contributed by atoms with Gasteiger partial charge in [0.05, 0.1) is 0 Å².